The van der Waals surface area contributed by atoms with Gasteiger partial charge in [-0.05, 0) is 17.4 Å². The second-order valence-electron chi connectivity index (χ2n) is 5.21. The number of pyridine rings is 1. The van der Waals surface area contributed by atoms with E-state index >= 15 is 0 Å². The Balaban J connectivity index is 2.60. The zero-order valence-corrected chi connectivity index (χ0v) is 11.0. The first-order valence-electron chi connectivity index (χ1n) is 5.82. The molecule has 0 saturated heterocycles. The third-order valence-corrected chi connectivity index (χ3v) is 3.34. The molecule has 0 bridgehead atoms. The highest BCUT2D eigenvalue weighted by Crippen LogP contribution is 2.26. The van der Waals surface area contributed by atoms with Crippen molar-refractivity contribution in [1.82, 2.24) is 4.98 Å². The molecule has 0 atom stereocenters. The van der Waals surface area contributed by atoms with Crippen LogP contribution in [0.3, 0.4) is 0 Å². The van der Waals surface area contributed by atoms with Crippen molar-refractivity contribution in [3.8, 4) is 0 Å². The number of hydrogen-bond donors (Lipinski definition) is 2. The van der Waals surface area contributed by atoms with Crippen LogP contribution in [0.25, 0.3) is 0 Å². The maximum atomic E-state index is 4.18. The second kappa shape index (κ2) is 5.19. The largest absolute Gasteiger partial charge is 0.387 e. The van der Waals surface area contributed by atoms with E-state index in [9.17, 15) is 0 Å². The zero-order valence-electron chi connectivity index (χ0n) is 11.0. The molecule has 1 aromatic heterocycles. The zero-order chi connectivity index (χ0) is 12.2. The molecule has 0 aliphatic carbocycles. The molecule has 16 heavy (non-hydrogen) atoms. The lowest BCUT2D eigenvalue weighted by Crippen LogP contribution is -2.28. The lowest BCUT2D eigenvalue weighted by atomic mass is 9.81. The molecule has 0 saturated carbocycles. The molecule has 90 valence electrons. The van der Waals surface area contributed by atoms with E-state index in [0.717, 1.165) is 17.9 Å². The second-order valence-corrected chi connectivity index (χ2v) is 5.21. The highest BCUT2D eigenvalue weighted by atomic mass is 14.9. The van der Waals surface area contributed by atoms with Gasteiger partial charge in [0.2, 0.25) is 0 Å². The fourth-order valence-electron chi connectivity index (χ4n) is 1.21. The lowest BCUT2D eigenvalue weighted by molar-refractivity contribution is 0.269. The molecular formula is C13H23N3. The Kier molecular flexibility index (Phi) is 4.16. The molecule has 0 aliphatic rings. The van der Waals surface area contributed by atoms with Crippen molar-refractivity contribution in [2.24, 2.45) is 11.3 Å². The molecule has 0 fully saturated rings. The minimum atomic E-state index is 0.287. The summed E-state index contributed by atoms with van der Waals surface area (Å²) in [4.78, 5) is 4.18. The van der Waals surface area contributed by atoms with E-state index in [4.69, 9.17) is 0 Å². The number of nitrogens with one attached hydrogen (secondary N) is 2. The first-order chi connectivity index (χ1) is 7.45. The van der Waals surface area contributed by atoms with Gasteiger partial charge < -0.3 is 10.6 Å². The van der Waals surface area contributed by atoms with Crippen molar-refractivity contribution in [3.05, 3.63) is 18.5 Å². The molecule has 1 aromatic rings. The molecule has 0 spiro atoms. The van der Waals surface area contributed by atoms with Crippen molar-refractivity contribution in [2.75, 3.05) is 24.2 Å². The predicted octanol–water partition coefficient (Wildman–Crippen LogP) is 3.22. The highest BCUT2D eigenvalue weighted by Gasteiger charge is 2.21. The average Bonchev–Trinajstić information content (AvgIpc) is 2.26. The maximum absolute atomic E-state index is 4.18. The van der Waals surface area contributed by atoms with Crippen molar-refractivity contribution in [2.45, 2.75) is 27.7 Å². The summed E-state index contributed by atoms with van der Waals surface area (Å²) < 4.78 is 0. The Hall–Kier alpha value is -1.25. The van der Waals surface area contributed by atoms with Gasteiger partial charge in [-0.2, -0.15) is 0 Å². The van der Waals surface area contributed by atoms with Gasteiger partial charge in [-0.15, -0.1) is 0 Å². The summed E-state index contributed by atoms with van der Waals surface area (Å²) in [6.07, 6.45) is 3.68. The van der Waals surface area contributed by atoms with Gasteiger partial charge in [0, 0.05) is 13.6 Å². The first kappa shape index (κ1) is 12.8. The van der Waals surface area contributed by atoms with Crippen molar-refractivity contribution in [1.29, 1.82) is 0 Å². The average molecular weight is 221 g/mol. The summed E-state index contributed by atoms with van der Waals surface area (Å²) in [6.45, 7) is 10.0. The third kappa shape index (κ3) is 3.40. The molecule has 0 aromatic carbocycles. The molecule has 1 rings (SSSR count). The Labute approximate surface area is 98.7 Å². The molecular weight excluding hydrogens is 198 g/mol. The Morgan fingerprint density at radius 1 is 1.25 bits per heavy atom. The van der Waals surface area contributed by atoms with Gasteiger partial charge in [-0.3, -0.25) is 4.98 Å². The molecule has 3 nitrogen and oxygen atoms in total. The van der Waals surface area contributed by atoms with Crippen molar-refractivity contribution in [3.63, 3.8) is 0 Å². The quantitative estimate of drug-likeness (QED) is 0.801. The highest BCUT2D eigenvalue weighted by molar-refractivity contribution is 5.53. The van der Waals surface area contributed by atoms with Crippen LogP contribution in [0.2, 0.25) is 0 Å². The smallest absolute Gasteiger partial charge is 0.0547 e. The van der Waals surface area contributed by atoms with E-state index in [1.54, 1.807) is 0 Å². The van der Waals surface area contributed by atoms with Gasteiger partial charge in [-0.1, -0.05) is 27.7 Å². The van der Waals surface area contributed by atoms with E-state index in [1.165, 1.54) is 0 Å². The Morgan fingerprint density at radius 2 is 1.88 bits per heavy atom. The van der Waals surface area contributed by atoms with E-state index in [1.807, 2.05) is 19.4 Å². The summed E-state index contributed by atoms with van der Waals surface area (Å²) in [6, 6.07) is 2.07. The minimum Gasteiger partial charge on any atom is -0.387 e. The van der Waals surface area contributed by atoms with Crippen LogP contribution in [-0.4, -0.2) is 18.6 Å². The summed E-state index contributed by atoms with van der Waals surface area (Å²) in [5.74, 6) is 0.653. The number of nitrogens with zero attached hydrogens (tertiary/aromatic N) is 1. The molecule has 3 heteroatoms. The standard InChI is InChI=1S/C13H23N3/c1-10(2)13(3,4)9-16-12-6-11(14-5)7-15-8-12/h6-8,10,14,16H,9H2,1-5H3. The van der Waals surface area contributed by atoms with E-state index in [0.29, 0.717) is 5.92 Å². The van der Waals surface area contributed by atoms with E-state index < -0.39 is 0 Å². The van der Waals surface area contributed by atoms with Gasteiger partial charge >= 0.3 is 0 Å². The molecule has 0 aliphatic heterocycles. The number of aromatic nitrogens is 1. The molecule has 0 radical (unpaired) electrons. The fourth-order valence-corrected chi connectivity index (χ4v) is 1.21. The van der Waals surface area contributed by atoms with Crippen LogP contribution in [0.15, 0.2) is 18.5 Å². The summed E-state index contributed by atoms with van der Waals surface area (Å²) >= 11 is 0. The summed E-state index contributed by atoms with van der Waals surface area (Å²) in [5.41, 5.74) is 2.39. The van der Waals surface area contributed by atoms with Crippen molar-refractivity contribution < 1.29 is 0 Å². The molecule has 0 unspecified atom stereocenters. The molecule has 2 N–H and O–H groups in total. The van der Waals surface area contributed by atoms with Crippen LogP contribution >= 0.6 is 0 Å². The lowest BCUT2D eigenvalue weighted by Gasteiger charge is -2.29. The van der Waals surface area contributed by atoms with Crippen LogP contribution < -0.4 is 10.6 Å². The Morgan fingerprint density at radius 3 is 2.44 bits per heavy atom. The van der Waals surface area contributed by atoms with Gasteiger partial charge in [-0.25, -0.2) is 0 Å². The van der Waals surface area contributed by atoms with Crippen molar-refractivity contribution >= 4 is 11.4 Å². The van der Waals surface area contributed by atoms with Crippen LogP contribution in [0.1, 0.15) is 27.7 Å². The van der Waals surface area contributed by atoms with E-state index in [2.05, 4.69) is 49.4 Å². The first-order valence-corrected chi connectivity index (χ1v) is 5.82. The predicted molar refractivity (Wildman–Crippen MR) is 70.9 cm³/mol. The molecule has 0 amide bonds. The van der Waals surface area contributed by atoms with Gasteiger partial charge in [0.1, 0.15) is 0 Å². The number of hydrogen-bond acceptors (Lipinski definition) is 3. The molecule has 1 heterocycles. The third-order valence-electron chi connectivity index (χ3n) is 3.34. The van der Waals surface area contributed by atoms with Crippen LogP contribution in [-0.2, 0) is 0 Å². The minimum absolute atomic E-state index is 0.287. The van der Waals surface area contributed by atoms with Gasteiger partial charge in [0.25, 0.3) is 0 Å². The fraction of sp³-hybridized carbons (Fsp3) is 0.615. The number of rotatable bonds is 5. The monoisotopic (exact) mass is 221 g/mol. The SMILES string of the molecule is CNc1cncc(NCC(C)(C)C(C)C)c1. The summed E-state index contributed by atoms with van der Waals surface area (Å²) in [7, 11) is 1.90. The van der Waals surface area contributed by atoms with Crippen LogP contribution in [0, 0.1) is 11.3 Å². The van der Waals surface area contributed by atoms with Crippen LogP contribution in [0.4, 0.5) is 11.4 Å². The number of anilines is 2. The normalized spacial score (nSPS) is 11.6. The van der Waals surface area contributed by atoms with Gasteiger partial charge in [0.15, 0.2) is 0 Å². The Bertz CT molecular complexity index is 332. The van der Waals surface area contributed by atoms with Gasteiger partial charge in [0.05, 0.1) is 23.8 Å². The van der Waals surface area contributed by atoms with Crippen LogP contribution in [0.5, 0.6) is 0 Å². The van der Waals surface area contributed by atoms with E-state index in [-0.39, 0.29) is 5.41 Å². The maximum Gasteiger partial charge on any atom is 0.0547 e. The summed E-state index contributed by atoms with van der Waals surface area (Å²) in [5, 5.41) is 6.52. The topological polar surface area (TPSA) is 37.0 Å².